The molecular formula is C20H26N2O3. The Hall–Kier alpha value is -2.14. The summed E-state index contributed by atoms with van der Waals surface area (Å²) in [4.78, 5) is 14.9. The summed E-state index contributed by atoms with van der Waals surface area (Å²) >= 11 is 0. The van der Waals surface area contributed by atoms with Gasteiger partial charge in [0.1, 0.15) is 11.9 Å². The Morgan fingerprint density at radius 1 is 1.24 bits per heavy atom. The van der Waals surface area contributed by atoms with Crippen LogP contribution in [0.3, 0.4) is 0 Å². The first-order valence-corrected chi connectivity index (χ1v) is 8.88. The van der Waals surface area contributed by atoms with Crippen molar-refractivity contribution in [2.75, 3.05) is 6.61 Å². The molecule has 5 heteroatoms. The predicted octanol–water partition coefficient (Wildman–Crippen LogP) is 3.60. The van der Waals surface area contributed by atoms with Crippen molar-refractivity contribution in [3.05, 3.63) is 52.9 Å². The number of morpholine rings is 1. The zero-order valence-electron chi connectivity index (χ0n) is 15.4. The second-order valence-electron chi connectivity index (χ2n) is 6.86. The monoisotopic (exact) mass is 342 g/mol. The van der Waals surface area contributed by atoms with Crippen LogP contribution in [0.15, 0.2) is 34.9 Å². The molecule has 3 unspecified atom stereocenters. The molecule has 3 rings (SSSR count). The van der Waals surface area contributed by atoms with Crippen LogP contribution < -0.4 is 0 Å². The van der Waals surface area contributed by atoms with Crippen molar-refractivity contribution in [3.63, 3.8) is 0 Å². The van der Waals surface area contributed by atoms with E-state index in [-0.39, 0.29) is 24.1 Å². The van der Waals surface area contributed by atoms with Crippen molar-refractivity contribution in [1.29, 1.82) is 0 Å². The predicted molar refractivity (Wildman–Crippen MR) is 95.2 cm³/mol. The molecular weight excluding hydrogens is 316 g/mol. The van der Waals surface area contributed by atoms with Gasteiger partial charge in [-0.1, -0.05) is 35.5 Å². The summed E-state index contributed by atoms with van der Waals surface area (Å²) in [5.74, 6) is 0.958. The third-order valence-corrected chi connectivity index (χ3v) is 5.05. The smallest absolute Gasteiger partial charge is 0.223 e. The number of aromatic nitrogens is 1. The Kier molecular flexibility index (Phi) is 5.23. The third kappa shape index (κ3) is 3.61. The van der Waals surface area contributed by atoms with Gasteiger partial charge in [-0.2, -0.15) is 0 Å². The van der Waals surface area contributed by atoms with Crippen molar-refractivity contribution in [1.82, 2.24) is 10.1 Å². The molecule has 0 spiro atoms. The van der Waals surface area contributed by atoms with Gasteiger partial charge >= 0.3 is 0 Å². The standard InChI is InChI=1S/C20H26N2O3/c1-13-12-24-20(17-8-6-5-7-9-17)15(3)22(13)19(23)11-10-18-14(2)21-25-16(18)4/h5-9,13,15,20H,10-12H2,1-4H3. The summed E-state index contributed by atoms with van der Waals surface area (Å²) in [7, 11) is 0. The van der Waals surface area contributed by atoms with Crippen LogP contribution in [0.2, 0.25) is 0 Å². The van der Waals surface area contributed by atoms with Crippen LogP contribution in [-0.4, -0.2) is 34.7 Å². The average Bonchev–Trinajstić information content (AvgIpc) is 2.92. The van der Waals surface area contributed by atoms with Gasteiger partial charge in [0.25, 0.3) is 0 Å². The van der Waals surface area contributed by atoms with Crippen LogP contribution in [-0.2, 0) is 16.0 Å². The molecule has 5 nitrogen and oxygen atoms in total. The minimum absolute atomic E-state index is 0.00307. The van der Waals surface area contributed by atoms with Gasteiger partial charge in [-0.05, 0) is 39.7 Å². The van der Waals surface area contributed by atoms with Crippen LogP contribution in [0.1, 0.15) is 49.0 Å². The number of rotatable bonds is 4. The van der Waals surface area contributed by atoms with E-state index in [0.29, 0.717) is 19.4 Å². The average molecular weight is 342 g/mol. The van der Waals surface area contributed by atoms with E-state index in [4.69, 9.17) is 9.26 Å². The Morgan fingerprint density at radius 3 is 2.60 bits per heavy atom. The molecule has 2 heterocycles. The number of hydrogen-bond donors (Lipinski definition) is 0. The van der Waals surface area contributed by atoms with Crippen LogP contribution >= 0.6 is 0 Å². The van der Waals surface area contributed by atoms with Crippen LogP contribution in [0.5, 0.6) is 0 Å². The van der Waals surface area contributed by atoms with Crippen molar-refractivity contribution in [2.45, 2.75) is 58.7 Å². The lowest BCUT2D eigenvalue weighted by atomic mass is 9.97. The van der Waals surface area contributed by atoms with Crippen molar-refractivity contribution >= 4 is 5.91 Å². The number of benzene rings is 1. The number of carbonyl (C=O) groups excluding carboxylic acids is 1. The van der Waals surface area contributed by atoms with Gasteiger partial charge in [-0.3, -0.25) is 4.79 Å². The minimum atomic E-state index is -0.0829. The molecule has 1 aromatic carbocycles. The largest absolute Gasteiger partial charge is 0.369 e. The fourth-order valence-corrected chi connectivity index (χ4v) is 3.72. The zero-order valence-corrected chi connectivity index (χ0v) is 15.4. The number of aryl methyl sites for hydroxylation is 2. The highest BCUT2D eigenvalue weighted by molar-refractivity contribution is 5.77. The number of nitrogens with zero attached hydrogens (tertiary/aromatic N) is 2. The Balaban J connectivity index is 1.71. The fraction of sp³-hybridized carbons (Fsp3) is 0.500. The quantitative estimate of drug-likeness (QED) is 0.852. The number of carbonyl (C=O) groups is 1. The van der Waals surface area contributed by atoms with Crippen molar-refractivity contribution in [3.8, 4) is 0 Å². The molecule has 2 aromatic rings. The van der Waals surface area contributed by atoms with Crippen molar-refractivity contribution in [2.24, 2.45) is 0 Å². The maximum Gasteiger partial charge on any atom is 0.223 e. The first kappa shape index (κ1) is 17.7. The highest BCUT2D eigenvalue weighted by Gasteiger charge is 2.36. The molecule has 1 aliphatic heterocycles. The first-order valence-electron chi connectivity index (χ1n) is 8.88. The fourth-order valence-electron chi connectivity index (χ4n) is 3.72. The van der Waals surface area contributed by atoms with Gasteiger partial charge in [0.2, 0.25) is 5.91 Å². The van der Waals surface area contributed by atoms with E-state index in [1.165, 1.54) is 0 Å². The van der Waals surface area contributed by atoms with E-state index < -0.39 is 0 Å². The normalized spacial score (nSPS) is 23.7. The second-order valence-corrected chi connectivity index (χ2v) is 6.86. The third-order valence-electron chi connectivity index (χ3n) is 5.05. The van der Waals surface area contributed by atoms with Gasteiger partial charge in [0.05, 0.1) is 24.4 Å². The minimum Gasteiger partial charge on any atom is -0.369 e. The molecule has 1 saturated heterocycles. The summed E-state index contributed by atoms with van der Waals surface area (Å²) in [6, 6.07) is 10.2. The molecule has 0 radical (unpaired) electrons. The maximum absolute atomic E-state index is 12.9. The van der Waals surface area contributed by atoms with Gasteiger partial charge in [-0.25, -0.2) is 0 Å². The van der Waals surface area contributed by atoms with Gasteiger partial charge in [0, 0.05) is 12.0 Å². The topological polar surface area (TPSA) is 55.6 Å². The van der Waals surface area contributed by atoms with Gasteiger partial charge in [-0.15, -0.1) is 0 Å². The molecule has 1 aromatic heterocycles. The van der Waals surface area contributed by atoms with E-state index in [9.17, 15) is 4.79 Å². The summed E-state index contributed by atoms with van der Waals surface area (Å²) < 4.78 is 11.2. The highest BCUT2D eigenvalue weighted by atomic mass is 16.5. The summed E-state index contributed by atoms with van der Waals surface area (Å²) in [6.07, 6.45) is 1.03. The van der Waals surface area contributed by atoms with Crippen LogP contribution in [0.4, 0.5) is 0 Å². The molecule has 1 fully saturated rings. The van der Waals surface area contributed by atoms with Gasteiger partial charge in [0.15, 0.2) is 0 Å². The van der Waals surface area contributed by atoms with E-state index >= 15 is 0 Å². The number of amides is 1. The Morgan fingerprint density at radius 2 is 1.96 bits per heavy atom. The number of hydrogen-bond acceptors (Lipinski definition) is 4. The van der Waals surface area contributed by atoms with E-state index in [0.717, 1.165) is 22.6 Å². The molecule has 0 N–H and O–H groups in total. The number of ether oxygens (including phenoxy) is 1. The molecule has 0 bridgehead atoms. The summed E-state index contributed by atoms with van der Waals surface area (Å²) in [5, 5.41) is 3.97. The molecule has 0 saturated carbocycles. The summed E-state index contributed by atoms with van der Waals surface area (Å²) in [5.41, 5.74) is 3.03. The van der Waals surface area contributed by atoms with Crippen molar-refractivity contribution < 1.29 is 14.1 Å². The Labute approximate surface area is 148 Å². The summed E-state index contributed by atoms with van der Waals surface area (Å²) in [6.45, 7) is 8.49. The molecule has 1 amide bonds. The van der Waals surface area contributed by atoms with E-state index in [1.54, 1.807) is 0 Å². The lowest BCUT2D eigenvalue weighted by Gasteiger charge is -2.44. The molecule has 3 atom stereocenters. The van der Waals surface area contributed by atoms with Crippen LogP contribution in [0, 0.1) is 13.8 Å². The second kappa shape index (κ2) is 7.40. The van der Waals surface area contributed by atoms with E-state index in [2.05, 4.69) is 24.2 Å². The molecule has 1 aliphatic rings. The molecule has 0 aliphatic carbocycles. The Bertz CT molecular complexity index is 706. The lowest BCUT2D eigenvalue weighted by molar-refractivity contribution is -0.153. The van der Waals surface area contributed by atoms with Gasteiger partial charge < -0.3 is 14.2 Å². The van der Waals surface area contributed by atoms with E-state index in [1.807, 2.05) is 43.9 Å². The highest BCUT2D eigenvalue weighted by Crippen LogP contribution is 2.31. The first-order chi connectivity index (χ1) is 12.0. The maximum atomic E-state index is 12.9. The SMILES string of the molecule is Cc1noc(C)c1CCC(=O)N1C(C)COC(c2ccccc2)C1C. The lowest BCUT2D eigenvalue weighted by Crippen LogP contribution is -2.53. The van der Waals surface area contributed by atoms with Crippen LogP contribution in [0.25, 0.3) is 0 Å². The molecule has 134 valence electrons. The molecule has 25 heavy (non-hydrogen) atoms. The zero-order chi connectivity index (χ0) is 18.0.